The summed E-state index contributed by atoms with van der Waals surface area (Å²) in [5.41, 5.74) is 0.402. The van der Waals surface area contributed by atoms with Crippen molar-refractivity contribution in [1.29, 1.82) is 0 Å². The maximum absolute atomic E-state index is 12.7. The number of amidine groups is 1. The van der Waals surface area contributed by atoms with E-state index in [0.717, 1.165) is 37.5 Å². The lowest BCUT2D eigenvalue weighted by molar-refractivity contribution is 0.0999. The number of hydrogen-bond acceptors (Lipinski definition) is 3. The van der Waals surface area contributed by atoms with E-state index in [0.29, 0.717) is 16.3 Å². The number of carbonyl (C=O) groups excluding carboxylic acids is 1. The summed E-state index contributed by atoms with van der Waals surface area (Å²) in [6, 6.07) is 5.01. The molecule has 24 heavy (non-hydrogen) atoms. The van der Waals surface area contributed by atoms with Gasteiger partial charge in [-0.2, -0.15) is 4.99 Å². The molecule has 0 spiro atoms. The van der Waals surface area contributed by atoms with Gasteiger partial charge in [0.25, 0.3) is 5.91 Å². The smallest absolute Gasteiger partial charge is 0.283 e. The Labute approximate surface area is 153 Å². The average Bonchev–Trinajstić information content (AvgIpc) is 2.89. The first-order valence-corrected chi connectivity index (χ1v) is 9.52. The second kappa shape index (κ2) is 8.26. The SMILES string of the molecule is CCCCN1CC(C)(CC)S/C1=N\C(=O)c1cc(Cl)ccc1OC. The zero-order valence-electron chi connectivity index (χ0n) is 14.8. The number of rotatable bonds is 6. The number of unbranched alkanes of at least 4 members (excludes halogenated alkanes) is 1. The Morgan fingerprint density at radius 2 is 2.21 bits per heavy atom. The zero-order chi connectivity index (χ0) is 17.7. The number of amides is 1. The minimum atomic E-state index is -0.307. The van der Waals surface area contributed by atoms with Crippen molar-refractivity contribution >= 4 is 34.4 Å². The zero-order valence-corrected chi connectivity index (χ0v) is 16.3. The van der Waals surface area contributed by atoms with Gasteiger partial charge in [0.1, 0.15) is 5.75 Å². The number of carbonyl (C=O) groups is 1. The predicted octanol–water partition coefficient (Wildman–Crippen LogP) is 4.86. The van der Waals surface area contributed by atoms with Gasteiger partial charge >= 0.3 is 0 Å². The van der Waals surface area contributed by atoms with Crippen LogP contribution in [0.5, 0.6) is 5.75 Å². The topological polar surface area (TPSA) is 41.9 Å². The average molecular weight is 369 g/mol. The van der Waals surface area contributed by atoms with Crippen LogP contribution in [0.25, 0.3) is 0 Å². The summed E-state index contributed by atoms with van der Waals surface area (Å²) >= 11 is 7.72. The molecule has 1 atom stereocenters. The molecule has 1 fully saturated rings. The lowest BCUT2D eigenvalue weighted by Crippen LogP contribution is -2.31. The van der Waals surface area contributed by atoms with Crippen LogP contribution in [-0.4, -0.2) is 40.9 Å². The number of aliphatic imine (C=N–C) groups is 1. The van der Waals surface area contributed by atoms with Crippen LogP contribution in [0.3, 0.4) is 0 Å². The molecule has 0 bridgehead atoms. The summed E-state index contributed by atoms with van der Waals surface area (Å²) in [6.45, 7) is 8.42. The van der Waals surface area contributed by atoms with Crippen LogP contribution in [0.1, 0.15) is 50.4 Å². The van der Waals surface area contributed by atoms with Gasteiger partial charge in [-0.15, -0.1) is 0 Å². The maximum Gasteiger partial charge on any atom is 0.283 e. The van der Waals surface area contributed by atoms with Crippen LogP contribution in [0.15, 0.2) is 23.2 Å². The first-order chi connectivity index (χ1) is 11.4. The largest absolute Gasteiger partial charge is 0.496 e. The lowest BCUT2D eigenvalue weighted by Gasteiger charge is -2.21. The quantitative estimate of drug-likeness (QED) is 0.718. The third-order valence-electron chi connectivity index (χ3n) is 4.25. The summed E-state index contributed by atoms with van der Waals surface area (Å²) < 4.78 is 5.37. The molecule has 0 radical (unpaired) electrons. The highest BCUT2D eigenvalue weighted by atomic mass is 35.5. The monoisotopic (exact) mass is 368 g/mol. The molecule has 1 amide bonds. The summed E-state index contributed by atoms with van der Waals surface area (Å²) in [4.78, 5) is 19.3. The van der Waals surface area contributed by atoms with Gasteiger partial charge in [0.15, 0.2) is 5.17 Å². The van der Waals surface area contributed by atoms with E-state index in [1.807, 2.05) is 0 Å². The molecule has 0 N–H and O–H groups in total. The highest BCUT2D eigenvalue weighted by molar-refractivity contribution is 8.15. The first-order valence-electron chi connectivity index (χ1n) is 8.33. The summed E-state index contributed by atoms with van der Waals surface area (Å²) in [5.74, 6) is 0.189. The van der Waals surface area contributed by atoms with Crippen molar-refractivity contribution in [3.63, 3.8) is 0 Å². The number of thioether (sulfide) groups is 1. The van der Waals surface area contributed by atoms with Gasteiger partial charge in [0.2, 0.25) is 0 Å². The van der Waals surface area contributed by atoms with Crippen molar-refractivity contribution < 1.29 is 9.53 Å². The van der Waals surface area contributed by atoms with Crippen molar-refractivity contribution in [2.24, 2.45) is 4.99 Å². The molecule has 1 saturated heterocycles. The van der Waals surface area contributed by atoms with E-state index in [1.54, 1.807) is 37.1 Å². The molecule has 1 unspecified atom stereocenters. The molecule has 1 aliphatic heterocycles. The Balaban J connectivity index is 2.30. The Morgan fingerprint density at radius 3 is 2.83 bits per heavy atom. The number of hydrogen-bond donors (Lipinski definition) is 0. The molecular formula is C18H25ClN2O2S. The van der Waals surface area contributed by atoms with Crippen molar-refractivity contribution in [2.45, 2.75) is 44.8 Å². The summed E-state index contributed by atoms with van der Waals surface area (Å²) in [7, 11) is 1.54. The van der Waals surface area contributed by atoms with Crippen LogP contribution in [0, 0.1) is 0 Å². The van der Waals surface area contributed by atoms with E-state index in [-0.39, 0.29) is 10.7 Å². The molecule has 0 aromatic heterocycles. The van der Waals surface area contributed by atoms with Crippen molar-refractivity contribution in [2.75, 3.05) is 20.2 Å². The van der Waals surface area contributed by atoms with Crippen molar-refractivity contribution in [1.82, 2.24) is 4.90 Å². The van der Waals surface area contributed by atoms with Gasteiger partial charge < -0.3 is 9.64 Å². The molecular weight excluding hydrogens is 344 g/mol. The van der Waals surface area contributed by atoms with E-state index in [2.05, 4.69) is 30.7 Å². The summed E-state index contributed by atoms with van der Waals surface area (Å²) in [6.07, 6.45) is 3.25. The fraction of sp³-hybridized carbons (Fsp3) is 0.556. The normalized spacial score (nSPS) is 22.2. The van der Waals surface area contributed by atoms with Crippen molar-refractivity contribution in [3.8, 4) is 5.75 Å². The van der Waals surface area contributed by atoms with E-state index in [1.165, 1.54) is 0 Å². The third-order valence-corrected chi connectivity index (χ3v) is 5.93. The predicted molar refractivity (Wildman–Crippen MR) is 103 cm³/mol. The standard InChI is InChI=1S/C18H25ClN2O2S/c1-5-7-10-21-12-18(3,6-2)24-17(21)20-16(22)14-11-13(19)8-9-15(14)23-4/h8-9,11H,5-7,10,12H2,1-4H3/b20-17-. The number of methoxy groups -OCH3 is 1. The van der Waals surface area contributed by atoms with Gasteiger partial charge in [-0.25, -0.2) is 0 Å². The molecule has 1 aromatic rings. The van der Waals surface area contributed by atoms with E-state index in [9.17, 15) is 4.79 Å². The van der Waals surface area contributed by atoms with Crippen LogP contribution in [0.4, 0.5) is 0 Å². The van der Waals surface area contributed by atoms with E-state index in [4.69, 9.17) is 16.3 Å². The van der Waals surface area contributed by atoms with Gasteiger partial charge in [-0.05, 0) is 38.0 Å². The van der Waals surface area contributed by atoms with E-state index >= 15 is 0 Å². The summed E-state index contributed by atoms with van der Waals surface area (Å²) in [5, 5.41) is 1.31. The van der Waals surface area contributed by atoms with Crippen LogP contribution >= 0.6 is 23.4 Å². The molecule has 0 aliphatic carbocycles. The molecule has 132 valence electrons. The van der Waals surface area contributed by atoms with Gasteiger partial charge in [-0.1, -0.05) is 43.6 Å². The number of nitrogens with zero attached hydrogens (tertiary/aromatic N) is 2. The third kappa shape index (κ3) is 4.45. The highest BCUT2D eigenvalue weighted by Crippen LogP contribution is 2.39. The Kier molecular flexibility index (Phi) is 6.58. The Morgan fingerprint density at radius 1 is 1.46 bits per heavy atom. The second-order valence-corrected chi connectivity index (χ2v) is 8.22. The Hall–Kier alpha value is -1.20. The molecule has 1 aliphatic rings. The number of benzene rings is 1. The highest BCUT2D eigenvalue weighted by Gasteiger charge is 2.37. The maximum atomic E-state index is 12.7. The van der Waals surface area contributed by atoms with Crippen molar-refractivity contribution in [3.05, 3.63) is 28.8 Å². The van der Waals surface area contributed by atoms with Gasteiger partial charge in [0, 0.05) is 22.9 Å². The van der Waals surface area contributed by atoms with Crippen LogP contribution in [-0.2, 0) is 0 Å². The molecule has 2 rings (SSSR count). The fourth-order valence-electron chi connectivity index (χ4n) is 2.58. The molecule has 4 nitrogen and oxygen atoms in total. The molecule has 6 heteroatoms. The second-order valence-electron chi connectivity index (χ2n) is 6.22. The molecule has 0 saturated carbocycles. The van der Waals surface area contributed by atoms with E-state index < -0.39 is 0 Å². The number of halogens is 1. The lowest BCUT2D eigenvalue weighted by atomic mass is 10.1. The molecule has 1 heterocycles. The van der Waals surface area contributed by atoms with Gasteiger partial charge in [-0.3, -0.25) is 4.79 Å². The number of ether oxygens (including phenoxy) is 1. The van der Waals surface area contributed by atoms with Crippen LogP contribution in [0.2, 0.25) is 5.02 Å². The minimum Gasteiger partial charge on any atom is -0.496 e. The Bertz CT molecular complexity index is 635. The fourth-order valence-corrected chi connectivity index (χ4v) is 3.98. The first kappa shape index (κ1) is 19.1. The van der Waals surface area contributed by atoms with Crippen LogP contribution < -0.4 is 4.74 Å². The van der Waals surface area contributed by atoms with Gasteiger partial charge in [0.05, 0.1) is 12.7 Å². The minimum absolute atomic E-state index is 0.102. The molecule has 1 aromatic carbocycles.